The van der Waals surface area contributed by atoms with Crippen LogP contribution in [-0.2, 0) is 6.42 Å². The van der Waals surface area contributed by atoms with E-state index in [-0.39, 0.29) is 0 Å². The number of nitrogens with zero attached hydrogens (tertiary/aromatic N) is 2. The Bertz CT molecular complexity index is 321. The number of nitrogens with one attached hydrogen (secondary N) is 1. The van der Waals surface area contributed by atoms with Crippen molar-refractivity contribution in [3.8, 4) is 0 Å². The molecule has 1 saturated heterocycles. The van der Waals surface area contributed by atoms with Gasteiger partial charge in [-0.1, -0.05) is 13.8 Å². The lowest BCUT2D eigenvalue weighted by atomic mass is 10.2. The van der Waals surface area contributed by atoms with Gasteiger partial charge in [-0.3, -0.25) is 0 Å². The molecule has 0 amide bonds. The molecule has 1 aromatic heterocycles. The molecule has 1 aliphatic rings. The highest BCUT2D eigenvalue weighted by Gasteiger charge is 2.23. The van der Waals surface area contributed by atoms with Crippen LogP contribution in [0, 0.1) is 0 Å². The van der Waals surface area contributed by atoms with E-state index < -0.39 is 0 Å². The molecule has 4 nitrogen and oxygen atoms in total. The summed E-state index contributed by atoms with van der Waals surface area (Å²) in [6.45, 7) is 5.17. The third kappa shape index (κ3) is 3.22. The molecule has 0 bridgehead atoms. The smallest absolute Gasteiger partial charge is 0.229 e. The Hall–Kier alpha value is -0.550. The molecule has 0 saturated carbocycles. The van der Waals surface area contributed by atoms with Gasteiger partial charge in [0.05, 0.1) is 5.25 Å². The van der Waals surface area contributed by atoms with Gasteiger partial charge in [-0.15, -0.1) is 22.0 Å². The molecule has 0 aromatic carbocycles. The fraction of sp³-hybridized carbons (Fsp3) is 0.818. The average molecular weight is 241 g/mol. The number of hydrogen-bond acceptors (Lipinski definition) is 5. The molecule has 1 atom stereocenters. The minimum atomic E-state index is 0.444. The lowest BCUT2D eigenvalue weighted by Gasteiger charge is -2.05. The predicted octanol–water partition coefficient (Wildman–Crippen LogP) is 2.18. The highest BCUT2D eigenvalue weighted by Crippen LogP contribution is 2.38. The van der Waals surface area contributed by atoms with E-state index >= 15 is 0 Å². The van der Waals surface area contributed by atoms with Crippen molar-refractivity contribution in [2.45, 2.75) is 44.4 Å². The molecular formula is C11H19N3OS. The summed E-state index contributed by atoms with van der Waals surface area (Å²) >= 11 is 1.93. The van der Waals surface area contributed by atoms with E-state index in [2.05, 4.69) is 29.4 Å². The van der Waals surface area contributed by atoms with Crippen molar-refractivity contribution in [1.29, 1.82) is 0 Å². The van der Waals surface area contributed by atoms with Gasteiger partial charge in [0.2, 0.25) is 11.8 Å². The maximum Gasteiger partial charge on any atom is 0.229 e. The second kappa shape index (κ2) is 5.68. The summed E-state index contributed by atoms with van der Waals surface area (Å²) in [6, 6.07) is 0.507. The Kier molecular flexibility index (Phi) is 4.23. The molecule has 1 aliphatic heterocycles. The van der Waals surface area contributed by atoms with E-state index in [9.17, 15) is 0 Å². The summed E-state index contributed by atoms with van der Waals surface area (Å²) in [5.41, 5.74) is 0. The van der Waals surface area contributed by atoms with Crippen LogP contribution in [-0.4, -0.2) is 28.5 Å². The first-order valence-electron chi connectivity index (χ1n) is 5.93. The van der Waals surface area contributed by atoms with Gasteiger partial charge in [0.25, 0.3) is 0 Å². The summed E-state index contributed by atoms with van der Waals surface area (Å²) in [5, 5.41) is 12.0. The van der Waals surface area contributed by atoms with Gasteiger partial charge in [-0.05, 0) is 18.6 Å². The van der Waals surface area contributed by atoms with Crippen LogP contribution in [0.25, 0.3) is 0 Å². The third-order valence-corrected chi connectivity index (χ3v) is 3.94. The summed E-state index contributed by atoms with van der Waals surface area (Å²) in [7, 11) is 0. The monoisotopic (exact) mass is 241 g/mol. The van der Waals surface area contributed by atoms with Gasteiger partial charge in [0, 0.05) is 19.0 Å². The van der Waals surface area contributed by atoms with Gasteiger partial charge in [0.15, 0.2) is 0 Å². The Morgan fingerprint density at radius 1 is 1.50 bits per heavy atom. The molecule has 2 heterocycles. The van der Waals surface area contributed by atoms with Gasteiger partial charge in [-0.25, -0.2) is 0 Å². The fourth-order valence-corrected chi connectivity index (χ4v) is 2.93. The molecule has 5 heteroatoms. The quantitative estimate of drug-likeness (QED) is 0.856. The zero-order valence-electron chi connectivity index (χ0n) is 9.90. The van der Waals surface area contributed by atoms with Crippen LogP contribution in [0.15, 0.2) is 4.42 Å². The molecule has 0 spiro atoms. The highest BCUT2D eigenvalue weighted by molar-refractivity contribution is 7.99. The zero-order valence-corrected chi connectivity index (χ0v) is 10.7. The minimum Gasteiger partial charge on any atom is -0.424 e. The maximum atomic E-state index is 5.67. The molecule has 0 radical (unpaired) electrons. The Morgan fingerprint density at radius 3 is 3.06 bits per heavy atom. The van der Waals surface area contributed by atoms with Crippen LogP contribution in [0.4, 0.5) is 0 Å². The second-order valence-corrected chi connectivity index (χ2v) is 5.71. The maximum absolute atomic E-state index is 5.67. The van der Waals surface area contributed by atoms with Crippen molar-refractivity contribution in [2.24, 2.45) is 0 Å². The first-order valence-corrected chi connectivity index (χ1v) is 6.98. The van der Waals surface area contributed by atoms with E-state index in [1.54, 1.807) is 0 Å². The van der Waals surface area contributed by atoms with E-state index in [1.165, 1.54) is 18.6 Å². The zero-order chi connectivity index (χ0) is 11.4. The molecule has 1 aromatic rings. The first-order chi connectivity index (χ1) is 7.75. The molecular weight excluding hydrogens is 222 g/mol. The highest BCUT2D eigenvalue weighted by atomic mass is 32.2. The largest absolute Gasteiger partial charge is 0.424 e. The van der Waals surface area contributed by atoms with Gasteiger partial charge < -0.3 is 9.73 Å². The van der Waals surface area contributed by atoms with Crippen LogP contribution in [0.1, 0.15) is 43.7 Å². The summed E-state index contributed by atoms with van der Waals surface area (Å²) in [4.78, 5) is 0. The minimum absolute atomic E-state index is 0.444. The standard InChI is InChI=1S/C11H19N3OS/c1-8(2)12-6-5-10-13-14-11(15-10)9-4-3-7-16-9/h8-9,12H,3-7H2,1-2H3. The summed E-state index contributed by atoms with van der Waals surface area (Å²) < 4.78 is 5.67. The number of hydrogen-bond donors (Lipinski definition) is 1. The first kappa shape index (κ1) is 11.9. The van der Waals surface area contributed by atoms with Crippen molar-refractivity contribution in [3.63, 3.8) is 0 Å². The Morgan fingerprint density at radius 2 is 2.38 bits per heavy atom. The van der Waals surface area contributed by atoms with Crippen LogP contribution < -0.4 is 5.32 Å². The molecule has 0 aliphatic carbocycles. The fourth-order valence-electron chi connectivity index (χ4n) is 1.74. The van der Waals surface area contributed by atoms with Crippen LogP contribution >= 0.6 is 11.8 Å². The van der Waals surface area contributed by atoms with Crippen molar-refractivity contribution < 1.29 is 4.42 Å². The molecule has 90 valence electrons. The third-order valence-electron chi connectivity index (χ3n) is 2.58. The van der Waals surface area contributed by atoms with Crippen molar-refractivity contribution in [1.82, 2.24) is 15.5 Å². The van der Waals surface area contributed by atoms with Gasteiger partial charge >= 0.3 is 0 Å². The number of aromatic nitrogens is 2. The van der Waals surface area contributed by atoms with E-state index in [1.807, 2.05) is 11.8 Å². The topological polar surface area (TPSA) is 51.0 Å². The van der Waals surface area contributed by atoms with E-state index in [0.29, 0.717) is 11.3 Å². The normalized spacial score (nSPS) is 20.8. The summed E-state index contributed by atoms with van der Waals surface area (Å²) in [5.74, 6) is 2.80. The van der Waals surface area contributed by atoms with Crippen molar-refractivity contribution in [3.05, 3.63) is 11.8 Å². The van der Waals surface area contributed by atoms with Crippen LogP contribution in [0.5, 0.6) is 0 Å². The predicted molar refractivity (Wildman–Crippen MR) is 65.6 cm³/mol. The lowest BCUT2D eigenvalue weighted by Crippen LogP contribution is -2.25. The van der Waals surface area contributed by atoms with Gasteiger partial charge in [0.1, 0.15) is 0 Å². The van der Waals surface area contributed by atoms with Crippen LogP contribution in [0.3, 0.4) is 0 Å². The van der Waals surface area contributed by atoms with E-state index in [4.69, 9.17) is 4.42 Å². The molecule has 2 rings (SSSR count). The number of rotatable bonds is 5. The van der Waals surface area contributed by atoms with Gasteiger partial charge in [-0.2, -0.15) is 0 Å². The van der Waals surface area contributed by atoms with Crippen molar-refractivity contribution >= 4 is 11.8 Å². The second-order valence-electron chi connectivity index (χ2n) is 4.39. The molecule has 16 heavy (non-hydrogen) atoms. The van der Waals surface area contributed by atoms with E-state index in [0.717, 1.165) is 24.7 Å². The molecule has 1 unspecified atom stereocenters. The Labute approximate surface area is 101 Å². The molecule has 1 fully saturated rings. The number of thioether (sulfide) groups is 1. The molecule has 1 N–H and O–H groups in total. The van der Waals surface area contributed by atoms with Crippen molar-refractivity contribution in [2.75, 3.05) is 12.3 Å². The summed E-state index contributed by atoms with van der Waals surface area (Å²) in [6.07, 6.45) is 3.26. The lowest BCUT2D eigenvalue weighted by molar-refractivity contribution is 0.435. The average Bonchev–Trinajstić information content (AvgIpc) is 2.85. The van der Waals surface area contributed by atoms with Crippen LogP contribution in [0.2, 0.25) is 0 Å². The SMILES string of the molecule is CC(C)NCCc1nnc(C2CCCS2)o1. The Balaban J connectivity index is 1.82.